The van der Waals surface area contributed by atoms with Crippen LogP contribution in [0, 0.1) is 12.8 Å². The van der Waals surface area contributed by atoms with Crippen LogP contribution in [0.3, 0.4) is 0 Å². The highest BCUT2D eigenvalue weighted by atomic mass is 16.5. The van der Waals surface area contributed by atoms with Gasteiger partial charge in [0.05, 0.1) is 26.3 Å². The number of aryl methyl sites for hydroxylation is 1. The number of aliphatic imine (C=N–C) groups is 1. The van der Waals surface area contributed by atoms with Crippen LogP contribution in [0.5, 0.6) is 5.75 Å². The molecule has 1 atom stereocenters. The highest BCUT2D eigenvalue weighted by Gasteiger charge is 2.16. The van der Waals surface area contributed by atoms with Gasteiger partial charge in [-0.1, -0.05) is 12.1 Å². The number of carbonyl (C=O) groups excluding carboxylic acids is 1. The number of methoxy groups -OCH3 is 1. The van der Waals surface area contributed by atoms with E-state index in [0.717, 1.165) is 43.1 Å². The van der Waals surface area contributed by atoms with Gasteiger partial charge in [0, 0.05) is 45.8 Å². The maximum absolute atomic E-state index is 11.9. The topological polar surface area (TPSA) is 84.4 Å². The number of carbonyl (C=O) groups is 1. The van der Waals surface area contributed by atoms with E-state index in [0.29, 0.717) is 31.6 Å². The van der Waals surface area contributed by atoms with Crippen LogP contribution in [0.15, 0.2) is 23.2 Å². The molecule has 2 N–H and O–H groups in total. The predicted octanol–water partition coefficient (Wildman–Crippen LogP) is 1.18. The van der Waals surface area contributed by atoms with E-state index in [2.05, 4.69) is 15.6 Å². The lowest BCUT2D eigenvalue weighted by Crippen LogP contribution is -2.44. The molecule has 0 spiro atoms. The number of benzene rings is 1. The van der Waals surface area contributed by atoms with Crippen molar-refractivity contribution in [2.75, 3.05) is 60.7 Å². The van der Waals surface area contributed by atoms with Crippen molar-refractivity contribution >= 4 is 11.9 Å². The van der Waals surface area contributed by atoms with Crippen molar-refractivity contribution in [3.05, 3.63) is 29.3 Å². The second-order valence-corrected chi connectivity index (χ2v) is 7.37. The normalized spacial score (nSPS) is 16.6. The average molecular weight is 407 g/mol. The molecule has 1 saturated heterocycles. The SMILES string of the molecule is COCCOc1cc(C)ccc1CN=C(NCC(=O)N(C)C)NCC1CCOC1. The first kappa shape index (κ1) is 23.0. The molecular formula is C21H34N4O4. The fourth-order valence-corrected chi connectivity index (χ4v) is 2.80. The van der Waals surface area contributed by atoms with Crippen molar-refractivity contribution in [3.63, 3.8) is 0 Å². The number of hydrogen-bond acceptors (Lipinski definition) is 5. The summed E-state index contributed by atoms with van der Waals surface area (Å²) < 4.78 is 16.4. The summed E-state index contributed by atoms with van der Waals surface area (Å²) in [5.41, 5.74) is 2.11. The van der Waals surface area contributed by atoms with E-state index in [1.165, 1.54) is 0 Å². The number of nitrogens with zero attached hydrogens (tertiary/aromatic N) is 2. The zero-order valence-corrected chi connectivity index (χ0v) is 18.0. The first-order valence-corrected chi connectivity index (χ1v) is 10.0. The summed E-state index contributed by atoms with van der Waals surface area (Å²) in [6.07, 6.45) is 1.03. The van der Waals surface area contributed by atoms with E-state index in [9.17, 15) is 4.79 Å². The Hall–Kier alpha value is -2.32. The van der Waals surface area contributed by atoms with E-state index in [1.807, 2.05) is 25.1 Å². The maximum atomic E-state index is 11.9. The van der Waals surface area contributed by atoms with Gasteiger partial charge in [-0.3, -0.25) is 4.79 Å². The van der Waals surface area contributed by atoms with Gasteiger partial charge in [-0.25, -0.2) is 4.99 Å². The van der Waals surface area contributed by atoms with E-state index in [-0.39, 0.29) is 12.5 Å². The third-order valence-corrected chi connectivity index (χ3v) is 4.66. The Morgan fingerprint density at radius 2 is 2.14 bits per heavy atom. The van der Waals surface area contributed by atoms with Crippen LogP contribution in [0.25, 0.3) is 0 Å². The lowest BCUT2D eigenvalue weighted by atomic mass is 10.1. The van der Waals surface area contributed by atoms with Crippen molar-refractivity contribution < 1.29 is 19.0 Å². The molecule has 0 bridgehead atoms. The Labute approximate surface area is 173 Å². The monoisotopic (exact) mass is 406 g/mol. The number of hydrogen-bond donors (Lipinski definition) is 2. The van der Waals surface area contributed by atoms with E-state index in [1.54, 1.807) is 26.1 Å². The first-order valence-electron chi connectivity index (χ1n) is 10.0. The number of ether oxygens (including phenoxy) is 3. The Morgan fingerprint density at radius 1 is 1.31 bits per heavy atom. The minimum absolute atomic E-state index is 0.0115. The molecule has 1 fully saturated rings. The first-order chi connectivity index (χ1) is 14.0. The van der Waals surface area contributed by atoms with Gasteiger partial charge in [-0.2, -0.15) is 0 Å². The van der Waals surface area contributed by atoms with Gasteiger partial charge >= 0.3 is 0 Å². The molecule has 2 rings (SSSR count). The minimum atomic E-state index is -0.0115. The summed E-state index contributed by atoms with van der Waals surface area (Å²) in [5.74, 6) is 1.86. The molecule has 1 aromatic rings. The van der Waals surface area contributed by atoms with Gasteiger partial charge in [0.25, 0.3) is 0 Å². The molecule has 8 nitrogen and oxygen atoms in total. The third kappa shape index (κ3) is 8.29. The quantitative estimate of drug-likeness (QED) is 0.345. The van der Waals surface area contributed by atoms with Crippen molar-refractivity contribution in [3.8, 4) is 5.75 Å². The highest BCUT2D eigenvalue weighted by Crippen LogP contribution is 2.21. The van der Waals surface area contributed by atoms with Crippen LogP contribution in [0.4, 0.5) is 0 Å². The maximum Gasteiger partial charge on any atom is 0.241 e. The van der Waals surface area contributed by atoms with Crippen LogP contribution in [0.1, 0.15) is 17.5 Å². The van der Waals surface area contributed by atoms with Crippen LogP contribution in [0.2, 0.25) is 0 Å². The van der Waals surface area contributed by atoms with Gasteiger partial charge in [0.2, 0.25) is 5.91 Å². The molecule has 1 heterocycles. The lowest BCUT2D eigenvalue weighted by molar-refractivity contribution is -0.127. The number of likely N-dealkylation sites (N-methyl/N-ethyl adjacent to an activating group) is 1. The van der Waals surface area contributed by atoms with Crippen LogP contribution in [-0.4, -0.2) is 77.5 Å². The molecule has 8 heteroatoms. The molecule has 1 aliphatic heterocycles. The van der Waals surface area contributed by atoms with Crippen molar-refractivity contribution in [2.24, 2.45) is 10.9 Å². The summed E-state index contributed by atoms with van der Waals surface area (Å²) in [5, 5.41) is 6.46. The standard InChI is InChI=1S/C21H34N4O4/c1-16-5-6-18(19(11-16)29-10-9-27-4)13-23-21(24-14-20(26)25(2)3)22-12-17-7-8-28-15-17/h5-6,11,17H,7-10,12-15H2,1-4H3,(H2,22,23,24). The summed E-state index contributed by atoms with van der Waals surface area (Å²) in [7, 11) is 5.12. The molecule has 0 radical (unpaired) electrons. The fraction of sp³-hybridized carbons (Fsp3) is 0.619. The van der Waals surface area contributed by atoms with Crippen molar-refractivity contribution in [1.29, 1.82) is 0 Å². The van der Waals surface area contributed by atoms with Crippen LogP contribution in [-0.2, 0) is 20.8 Å². The smallest absolute Gasteiger partial charge is 0.241 e. The van der Waals surface area contributed by atoms with Crippen LogP contribution >= 0.6 is 0 Å². The summed E-state index contributed by atoms with van der Waals surface area (Å²) in [6.45, 7) is 5.98. The van der Waals surface area contributed by atoms with Gasteiger partial charge in [0.15, 0.2) is 5.96 Å². The van der Waals surface area contributed by atoms with Crippen molar-refractivity contribution in [2.45, 2.75) is 19.9 Å². The summed E-state index contributed by atoms with van der Waals surface area (Å²) in [4.78, 5) is 18.2. The number of guanidine groups is 1. The Bertz CT molecular complexity index is 673. The lowest BCUT2D eigenvalue weighted by Gasteiger charge is -2.17. The largest absolute Gasteiger partial charge is 0.491 e. The molecular weight excluding hydrogens is 372 g/mol. The zero-order valence-electron chi connectivity index (χ0n) is 18.0. The highest BCUT2D eigenvalue weighted by molar-refractivity contribution is 5.86. The Kier molecular flexibility index (Phi) is 9.73. The molecule has 1 unspecified atom stereocenters. The molecule has 1 aromatic carbocycles. The summed E-state index contributed by atoms with van der Waals surface area (Å²) >= 11 is 0. The molecule has 1 aliphatic rings. The van der Waals surface area contributed by atoms with Gasteiger partial charge in [0.1, 0.15) is 12.4 Å². The van der Waals surface area contributed by atoms with E-state index >= 15 is 0 Å². The minimum Gasteiger partial charge on any atom is -0.491 e. The molecule has 0 saturated carbocycles. The molecule has 162 valence electrons. The van der Waals surface area contributed by atoms with Gasteiger partial charge < -0.3 is 29.7 Å². The van der Waals surface area contributed by atoms with Crippen LogP contribution < -0.4 is 15.4 Å². The molecule has 0 aliphatic carbocycles. The Morgan fingerprint density at radius 3 is 2.83 bits per heavy atom. The molecule has 1 amide bonds. The van der Waals surface area contributed by atoms with Crippen molar-refractivity contribution in [1.82, 2.24) is 15.5 Å². The predicted molar refractivity (Wildman–Crippen MR) is 113 cm³/mol. The number of amides is 1. The molecule has 29 heavy (non-hydrogen) atoms. The fourth-order valence-electron chi connectivity index (χ4n) is 2.80. The number of rotatable bonds is 10. The third-order valence-electron chi connectivity index (χ3n) is 4.66. The average Bonchev–Trinajstić information content (AvgIpc) is 3.22. The Balaban J connectivity index is 2.04. The summed E-state index contributed by atoms with van der Waals surface area (Å²) in [6, 6.07) is 6.07. The van der Waals surface area contributed by atoms with E-state index in [4.69, 9.17) is 14.2 Å². The molecule has 0 aromatic heterocycles. The van der Waals surface area contributed by atoms with Gasteiger partial charge in [-0.15, -0.1) is 0 Å². The zero-order chi connectivity index (χ0) is 21.1. The second kappa shape index (κ2) is 12.3. The van der Waals surface area contributed by atoms with Gasteiger partial charge in [-0.05, 0) is 25.0 Å². The second-order valence-electron chi connectivity index (χ2n) is 7.37. The number of nitrogens with one attached hydrogen (secondary N) is 2. The van der Waals surface area contributed by atoms with E-state index < -0.39 is 0 Å².